The highest BCUT2D eigenvalue weighted by atomic mass is 19.4. The summed E-state index contributed by atoms with van der Waals surface area (Å²) in [6.45, 7) is 0.391. The number of likely N-dealkylation sites (tertiary alicyclic amines) is 1. The molecule has 1 saturated heterocycles. The van der Waals surface area contributed by atoms with Gasteiger partial charge in [-0.05, 0) is 19.1 Å². The van der Waals surface area contributed by atoms with Crippen LogP contribution in [0.2, 0.25) is 0 Å². The van der Waals surface area contributed by atoms with Gasteiger partial charge in [-0.3, -0.25) is 9.59 Å². The molecule has 1 fully saturated rings. The van der Waals surface area contributed by atoms with Crippen LogP contribution >= 0.6 is 0 Å². The summed E-state index contributed by atoms with van der Waals surface area (Å²) < 4.78 is 56.3. The smallest absolute Gasteiger partial charge is 0.480 e. The number of rotatable bonds is 5. The third kappa shape index (κ3) is 4.33. The van der Waals surface area contributed by atoms with Gasteiger partial charge >= 0.3 is 12.3 Å². The number of carbonyl (C=O) groups is 3. The Bertz CT molecular complexity index is 985. The fourth-order valence-corrected chi connectivity index (χ4v) is 3.41. The van der Waals surface area contributed by atoms with E-state index in [-0.39, 0.29) is 23.3 Å². The summed E-state index contributed by atoms with van der Waals surface area (Å²) in [5.41, 5.74) is 0.291. The predicted octanol–water partition coefficient (Wildman–Crippen LogP) is 2.77. The third-order valence-electron chi connectivity index (χ3n) is 4.63. The summed E-state index contributed by atoms with van der Waals surface area (Å²) in [5, 5.41) is 9.48. The molecular weight excluding hydrogens is 400 g/mol. The summed E-state index contributed by atoms with van der Waals surface area (Å²) in [6.07, 6.45) is -5.46. The van der Waals surface area contributed by atoms with Crippen molar-refractivity contribution in [1.29, 1.82) is 0 Å². The van der Waals surface area contributed by atoms with E-state index in [1.54, 1.807) is 0 Å². The van der Waals surface area contributed by atoms with Gasteiger partial charge in [0.2, 0.25) is 5.91 Å². The Morgan fingerprint density at radius 1 is 1.28 bits per heavy atom. The van der Waals surface area contributed by atoms with Crippen LogP contribution in [0.15, 0.2) is 24.4 Å². The summed E-state index contributed by atoms with van der Waals surface area (Å²) >= 11 is 0. The first-order chi connectivity index (χ1) is 13.5. The van der Waals surface area contributed by atoms with Crippen LogP contribution in [0.25, 0.3) is 10.9 Å². The van der Waals surface area contributed by atoms with E-state index >= 15 is 0 Å². The molecule has 11 heteroatoms. The number of halogens is 4. The number of hydrogen-bond donors (Lipinski definition) is 1. The summed E-state index contributed by atoms with van der Waals surface area (Å²) in [5.74, 6) is -2.99. The molecule has 1 amide bonds. The minimum Gasteiger partial charge on any atom is -0.480 e. The van der Waals surface area contributed by atoms with Crippen molar-refractivity contribution >= 4 is 28.6 Å². The lowest BCUT2D eigenvalue weighted by Gasteiger charge is -2.21. The fourth-order valence-electron chi connectivity index (χ4n) is 3.41. The number of ketones is 1. The molecule has 29 heavy (non-hydrogen) atoms. The zero-order chi connectivity index (χ0) is 21.5. The minimum absolute atomic E-state index is 0.119. The molecule has 3 rings (SSSR count). The van der Waals surface area contributed by atoms with Crippen molar-refractivity contribution in [1.82, 2.24) is 9.47 Å². The van der Waals surface area contributed by atoms with Crippen molar-refractivity contribution in [2.45, 2.75) is 38.5 Å². The van der Waals surface area contributed by atoms with E-state index in [2.05, 4.69) is 4.74 Å². The molecule has 1 aliphatic heterocycles. The van der Waals surface area contributed by atoms with E-state index in [0.29, 0.717) is 5.39 Å². The second kappa shape index (κ2) is 7.37. The molecule has 0 bridgehead atoms. The van der Waals surface area contributed by atoms with Gasteiger partial charge in [0.25, 0.3) is 0 Å². The fraction of sp³-hybridized carbons (Fsp3) is 0.389. The quantitative estimate of drug-likeness (QED) is 0.598. The number of hydrogen-bond acceptors (Lipinski definition) is 4. The third-order valence-corrected chi connectivity index (χ3v) is 4.63. The molecule has 156 valence electrons. The molecule has 0 aliphatic carbocycles. The maximum Gasteiger partial charge on any atom is 0.573 e. The van der Waals surface area contributed by atoms with E-state index in [1.165, 1.54) is 23.8 Å². The zero-order valence-corrected chi connectivity index (χ0v) is 15.1. The van der Waals surface area contributed by atoms with Crippen LogP contribution in [-0.4, -0.2) is 57.4 Å². The van der Waals surface area contributed by atoms with Gasteiger partial charge in [-0.15, -0.1) is 13.2 Å². The van der Waals surface area contributed by atoms with Crippen molar-refractivity contribution in [2.75, 3.05) is 6.54 Å². The number of amides is 1. The largest absolute Gasteiger partial charge is 0.573 e. The van der Waals surface area contributed by atoms with Gasteiger partial charge in [0.15, 0.2) is 5.78 Å². The van der Waals surface area contributed by atoms with Gasteiger partial charge in [-0.2, -0.15) is 0 Å². The van der Waals surface area contributed by atoms with Crippen LogP contribution in [0.1, 0.15) is 23.7 Å². The molecular formula is C18H16F4N2O5. The molecule has 0 radical (unpaired) electrons. The summed E-state index contributed by atoms with van der Waals surface area (Å²) in [4.78, 5) is 36.6. The van der Waals surface area contributed by atoms with E-state index in [4.69, 9.17) is 0 Å². The first-order valence-corrected chi connectivity index (χ1v) is 8.52. The Balaban J connectivity index is 1.97. The number of carboxylic acid groups (broad SMARTS) is 1. The van der Waals surface area contributed by atoms with Crippen LogP contribution < -0.4 is 4.74 Å². The topological polar surface area (TPSA) is 88.8 Å². The summed E-state index contributed by atoms with van der Waals surface area (Å²) in [6, 6.07) is 2.01. The maximum absolute atomic E-state index is 13.6. The van der Waals surface area contributed by atoms with Crippen LogP contribution in [0.5, 0.6) is 5.75 Å². The molecule has 7 nitrogen and oxygen atoms in total. The lowest BCUT2D eigenvalue weighted by molar-refractivity contribution is -0.274. The molecule has 2 aromatic rings. The van der Waals surface area contributed by atoms with Crippen molar-refractivity contribution in [3.05, 3.63) is 30.0 Å². The van der Waals surface area contributed by atoms with Gasteiger partial charge in [0.1, 0.15) is 24.5 Å². The van der Waals surface area contributed by atoms with E-state index in [0.717, 1.165) is 17.0 Å². The van der Waals surface area contributed by atoms with Gasteiger partial charge in [-0.1, -0.05) is 0 Å². The van der Waals surface area contributed by atoms with Gasteiger partial charge in [0.05, 0.1) is 12.1 Å². The number of carboxylic acids is 1. The van der Waals surface area contributed by atoms with Crippen LogP contribution in [0.4, 0.5) is 17.6 Å². The lowest BCUT2D eigenvalue weighted by atomic mass is 10.1. The first kappa shape index (κ1) is 20.6. The first-order valence-electron chi connectivity index (χ1n) is 8.52. The molecule has 1 aliphatic rings. The molecule has 0 saturated carbocycles. The van der Waals surface area contributed by atoms with Crippen LogP contribution in [0.3, 0.4) is 0 Å². The van der Waals surface area contributed by atoms with Crippen molar-refractivity contribution in [3.63, 3.8) is 0 Å². The lowest BCUT2D eigenvalue weighted by Crippen LogP contribution is -2.42. The number of carbonyl (C=O) groups excluding carboxylic acids is 2. The standard InChI is InChI=1S/C18H16F4N2O5/c1-9(25)13-7-23(8-16(26)24-6-10(19)4-15(24)17(27)28)14-5-11(2-3-12(13)14)29-18(20,21)22/h2-3,5,7,10,15H,4,6,8H2,1H3,(H,27,28)/t10-,15+/m1/s1. The van der Waals surface area contributed by atoms with Gasteiger partial charge in [-0.25, -0.2) is 9.18 Å². The molecule has 1 N–H and O–H groups in total. The van der Waals surface area contributed by atoms with E-state index in [1.807, 2.05) is 0 Å². The Morgan fingerprint density at radius 2 is 1.97 bits per heavy atom. The molecule has 2 heterocycles. The number of nitrogens with zero attached hydrogens (tertiary/aromatic N) is 2. The van der Waals surface area contributed by atoms with Gasteiger partial charge in [0, 0.05) is 29.6 Å². The number of ether oxygens (including phenoxy) is 1. The van der Waals surface area contributed by atoms with E-state index < -0.39 is 49.3 Å². The zero-order valence-electron chi connectivity index (χ0n) is 15.1. The van der Waals surface area contributed by atoms with Crippen molar-refractivity contribution < 1.29 is 41.8 Å². The highest BCUT2D eigenvalue weighted by Crippen LogP contribution is 2.30. The molecule has 1 aromatic carbocycles. The molecule has 0 spiro atoms. The Kier molecular flexibility index (Phi) is 5.24. The number of alkyl halides is 4. The minimum atomic E-state index is -4.93. The Hall–Kier alpha value is -3.11. The Labute approximate surface area is 161 Å². The normalized spacial score (nSPS) is 19.6. The average Bonchev–Trinajstić information content (AvgIpc) is 3.14. The monoisotopic (exact) mass is 416 g/mol. The SMILES string of the molecule is CC(=O)c1cn(CC(=O)N2C[C@H](F)C[C@H]2C(=O)O)c2cc(OC(F)(F)F)ccc12. The maximum atomic E-state index is 13.6. The highest BCUT2D eigenvalue weighted by Gasteiger charge is 2.40. The second-order valence-corrected chi connectivity index (χ2v) is 6.69. The molecule has 1 aromatic heterocycles. The number of aliphatic carboxylic acids is 1. The van der Waals surface area contributed by atoms with Crippen molar-refractivity contribution in [3.8, 4) is 5.75 Å². The van der Waals surface area contributed by atoms with Crippen LogP contribution in [-0.2, 0) is 16.1 Å². The number of fused-ring (bicyclic) bond motifs is 1. The molecule has 0 unspecified atom stereocenters. The highest BCUT2D eigenvalue weighted by molar-refractivity contribution is 6.07. The van der Waals surface area contributed by atoms with Crippen molar-refractivity contribution in [2.24, 2.45) is 0 Å². The second-order valence-electron chi connectivity index (χ2n) is 6.69. The number of benzene rings is 1. The predicted molar refractivity (Wildman–Crippen MR) is 91.3 cm³/mol. The number of Topliss-reactive ketones (excluding diaryl/α,β-unsaturated/α-hetero) is 1. The summed E-state index contributed by atoms with van der Waals surface area (Å²) in [7, 11) is 0. The number of aromatic nitrogens is 1. The molecule has 2 atom stereocenters. The average molecular weight is 416 g/mol. The van der Waals surface area contributed by atoms with E-state index in [9.17, 15) is 37.1 Å². The van der Waals surface area contributed by atoms with Gasteiger partial charge < -0.3 is 19.3 Å². The Morgan fingerprint density at radius 3 is 2.55 bits per heavy atom. The van der Waals surface area contributed by atoms with Crippen LogP contribution in [0, 0.1) is 0 Å².